The number of amides is 1. The number of carbonyl (C=O) groups is 3. The highest BCUT2D eigenvalue weighted by Gasteiger charge is 2.37. The highest BCUT2D eigenvalue weighted by atomic mass is 16.6. The molecule has 28 heavy (non-hydrogen) atoms. The topological polar surface area (TPSA) is 72.9 Å². The van der Waals surface area contributed by atoms with Gasteiger partial charge in [-0.2, -0.15) is 0 Å². The van der Waals surface area contributed by atoms with Gasteiger partial charge in [0.15, 0.2) is 6.10 Å². The summed E-state index contributed by atoms with van der Waals surface area (Å²) in [7, 11) is 1.24. The molecule has 0 spiro atoms. The van der Waals surface area contributed by atoms with E-state index in [1.807, 2.05) is 30.3 Å². The number of hydrogen-bond acceptors (Lipinski definition) is 5. The van der Waals surface area contributed by atoms with Crippen LogP contribution in [0.5, 0.6) is 0 Å². The van der Waals surface area contributed by atoms with Crippen molar-refractivity contribution in [1.82, 2.24) is 0 Å². The van der Waals surface area contributed by atoms with Crippen molar-refractivity contribution < 1.29 is 23.9 Å². The molecule has 2 aromatic carbocycles. The fourth-order valence-electron chi connectivity index (χ4n) is 3.90. The second-order valence-electron chi connectivity index (χ2n) is 7.18. The standard InChI is InChI=1S/C22H21NO5/c1-13(21(25)27-2)28-22(26)16-11-20(24)23(12-16)17-7-8-19-15(10-17)9-14-5-3-4-6-18(14)19/h3-8,10,13,16H,9,11-12H2,1-2H3/t13-,16+/m1/s1. The summed E-state index contributed by atoms with van der Waals surface area (Å²) in [5.41, 5.74) is 5.66. The SMILES string of the molecule is COC(=O)[C@@H](C)OC(=O)[C@H]1CC(=O)N(c2ccc3c(c2)Cc2ccccc2-3)C1. The van der Waals surface area contributed by atoms with E-state index in [2.05, 4.69) is 16.9 Å². The minimum absolute atomic E-state index is 0.0734. The van der Waals surface area contributed by atoms with Crippen LogP contribution in [0.2, 0.25) is 0 Å². The van der Waals surface area contributed by atoms with Gasteiger partial charge in [0.1, 0.15) is 0 Å². The predicted octanol–water partition coefficient (Wildman–Crippen LogP) is 2.72. The molecular weight excluding hydrogens is 358 g/mol. The summed E-state index contributed by atoms with van der Waals surface area (Å²) in [5, 5.41) is 0. The minimum atomic E-state index is -0.986. The number of carbonyl (C=O) groups excluding carboxylic acids is 3. The Hall–Kier alpha value is -3.15. The molecule has 1 aliphatic carbocycles. The number of methoxy groups -OCH3 is 1. The van der Waals surface area contributed by atoms with Crippen molar-refractivity contribution in [1.29, 1.82) is 0 Å². The molecule has 6 nitrogen and oxygen atoms in total. The Labute approximate surface area is 163 Å². The molecule has 0 bridgehead atoms. The molecule has 1 aliphatic heterocycles. The number of hydrogen-bond donors (Lipinski definition) is 0. The Morgan fingerprint density at radius 1 is 1.11 bits per heavy atom. The maximum atomic E-state index is 12.5. The predicted molar refractivity (Wildman–Crippen MR) is 103 cm³/mol. The molecule has 0 radical (unpaired) electrons. The molecule has 2 aromatic rings. The first-order chi connectivity index (χ1) is 13.5. The zero-order valence-corrected chi connectivity index (χ0v) is 15.8. The molecule has 1 amide bonds. The summed E-state index contributed by atoms with van der Waals surface area (Å²) in [6.45, 7) is 1.70. The second kappa shape index (κ2) is 7.11. The van der Waals surface area contributed by atoms with Gasteiger partial charge >= 0.3 is 11.9 Å². The number of esters is 2. The fraction of sp³-hybridized carbons (Fsp3) is 0.318. The fourth-order valence-corrected chi connectivity index (χ4v) is 3.90. The molecule has 0 N–H and O–H groups in total. The lowest BCUT2D eigenvalue weighted by Crippen LogP contribution is -2.30. The maximum Gasteiger partial charge on any atom is 0.346 e. The van der Waals surface area contributed by atoms with Gasteiger partial charge in [-0.3, -0.25) is 9.59 Å². The van der Waals surface area contributed by atoms with E-state index in [1.54, 1.807) is 4.90 Å². The van der Waals surface area contributed by atoms with Crippen LogP contribution in [0.15, 0.2) is 42.5 Å². The lowest BCUT2D eigenvalue weighted by atomic mass is 10.1. The largest absolute Gasteiger partial charge is 0.466 e. The molecule has 2 atom stereocenters. The van der Waals surface area contributed by atoms with Crippen LogP contribution in [0.3, 0.4) is 0 Å². The highest BCUT2D eigenvalue weighted by Crippen LogP contribution is 2.39. The van der Waals surface area contributed by atoms with E-state index in [0.717, 1.165) is 12.1 Å². The van der Waals surface area contributed by atoms with Crippen LogP contribution in [-0.4, -0.2) is 37.6 Å². The summed E-state index contributed by atoms with van der Waals surface area (Å²) in [4.78, 5) is 37.9. The average molecular weight is 379 g/mol. The van der Waals surface area contributed by atoms with E-state index in [4.69, 9.17) is 4.74 Å². The number of fused-ring (bicyclic) bond motifs is 3. The number of benzene rings is 2. The first-order valence-corrected chi connectivity index (χ1v) is 9.28. The number of anilines is 1. The molecule has 0 saturated carbocycles. The molecule has 1 fully saturated rings. The summed E-state index contributed by atoms with van der Waals surface area (Å²) in [6, 6.07) is 14.3. The molecule has 1 saturated heterocycles. The maximum absolute atomic E-state index is 12.5. The van der Waals surface area contributed by atoms with Crippen molar-refractivity contribution in [3.63, 3.8) is 0 Å². The van der Waals surface area contributed by atoms with Crippen molar-refractivity contribution in [2.24, 2.45) is 5.92 Å². The van der Waals surface area contributed by atoms with Crippen LogP contribution in [-0.2, 0) is 30.3 Å². The van der Waals surface area contributed by atoms with Gasteiger partial charge in [0.2, 0.25) is 5.91 Å². The van der Waals surface area contributed by atoms with Crippen molar-refractivity contribution in [2.75, 3.05) is 18.6 Å². The molecule has 0 aromatic heterocycles. The number of nitrogens with zero attached hydrogens (tertiary/aromatic N) is 1. The zero-order valence-electron chi connectivity index (χ0n) is 15.8. The molecule has 144 valence electrons. The third kappa shape index (κ3) is 3.15. The quantitative estimate of drug-likeness (QED) is 0.652. The molecule has 4 rings (SSSR count). The summed E-state index contributed by atoms with van der Waals surface area (Å²) in [6.07, 6.45) is -0.0757. The van der Waals surface area contributed by atoms with Crippen LogP contribution in [0.4, 0.5) is 5.69 Å². The zero-order chi connectivity index (χ0) is 19.8. The second-order valence-corrected chi connectivity index (χ2v) is 7.18. The Morgan fingerprint density at radius 3 is 2.64 bits per heavy atom. The Morgan fingerprint density at radius 2 is 1.86 bits per heavy atom. The van der Waals surface area contributed by atoms with E-state index in [1.165, 1.54) is 36.3 Å². The van der Waals surface area contributed by atoms with E-state index >= 15 is 0 Å². The molecule has 1 heterocycles. The van der Waals surface area contributed by atoms with Gasteiger partial charge in [-0.05, 0) is 47.7 Å². The van der Waals surface area contributed by atoms with Crippen LogP contribution in [0.1, 0.15) is 24.5 Å². The molecule has 0 unspecified atom stereocenters. The number of rotatable bonds is 4. The smallest absolute Gasteiger partial charge is 0.346 e. The van der Waals surface area contributed by atoms with E-state index in [-0.39, 0.29) is 18.9 Å². The van der Waals surface area contributed by atoms with Crippen molar-refractivity contribution >= 4 is 23.5 Å². The monoisotopic (exact) mass is 379 g/mol. The molecular formula is C22H21NO5. The van der Waals surface area contributed by atoms with Gasteiger partial charge < -0.3 is 14.4 Å². The lowest BCUT2D eigenvalue weighted by molar-refractivity contribution is -0.167. The summed E-state index contributed by atoms with van der Waals surface area (Å²) in [5.74, 6) is -1.89. The van der Waals surface area contributed by atoms with Crippen LogP contribution < -0.4 is 4.90 Å². The normalized spacial score (nSPS) is 18.4. The van der Waals surface area contributed by atoms with Crippen LogP contribution in [0, 0.1) is 5.92 Å². The minimum Gasteiger partial charge on any atom is -0.466 e. The van der Waals surface area contributed by atoms with Crippen molar-refractivity contribution in [3.05, 3.63) is 53.6 Å². The summed E-state index contributed by atoms with van der Waals surface area (Å²) >= 11 is 0. The van der Waals surface area contributed by atoms with Crippen molar-refractivity contribution in [2.45, 2.75) is 25.9 Å². The summed E-state index contributed by atoms with van der Waals surface area (Å²) < 4.78 is 9.71. The average Bonchev–Trinajstić information content (AvgIpc) is 3.27. The third-order valence-corrected chi connectivity index (χ3v) is 5.37. The highest BCUT2D eigenvalue weighted by molar-refractivity contribution is 6.00. The first-order valence-electron chi connectivity index (χ1n) is 9.28. The lowest BCUT2D eigenvalue weighted by Gasteiger charge is -2.18. The van der Waals surface area contributed by atoms with Gasteiger partial charge in [0.05, 0.1) is 13.0 Å². The molecule has 6 heteroatoms. The first kappa shape index (κ1) is 18.2. The van der Waals surface area contributed by atoms with Gasteiger partial charge in [-0.1, -0.05) is 30.3 Å². The van der Waals surface area contributed by atoms with E-state index in [0.29, 0.717) is 0 Å². The van der Waals surface area contributed by atoms with E-state index < -0.39 is 24.0 Å². The molecule has 2 aliphatic rings. The van der Waals surface area contributed by atoms with Crippen molar-refractivity contribution in [3.8, 4) is 11.1 Å². The van der Waals surface area contributed by atoms with Gasteiger partial charge in [-0.15, -0.1) is 0 Å². The Bertz CT molecular complexity index is 967. The Kier molecular flexibility index (Phi) is 4.63. The Balaban J connectivity index is 1.49. The van der Waals surface area contributed by atoms with Crippen LogP contribution in [0.25, 0.3) is 11.1 Å². The third-order valence-electron chi connectivity index (χ3n) is 5.37. The van der Waals surface area contributed by atoms with E-state index in [9.17, 15) is 14.4 Å². The van der Waals surface area contributed by atoms with Gasteiger partial charge in [-0.25, -0.2) is 4.79 Å². The number of ether oxygens (including phenoxy) is 2. The van der Waals surface area contributed by atoms with Crippen LogP contribution >= 0.6 is 0 Å². The van der Waals surface area contributed by atoms with Gasteiger partial charge in [0.25, 0.3) is 0 Å². The van der Waals surface area contributed by atoms with Gasteiger partial charge in [0, 0.05) is 18.7 Å².